The quantitative estimate of drug-likeness (QED) is 0.224. The van der Waals surface area contributed by atoms with E-state index in [1.165, 1.54) is 6.92 Å². The molecule has 0 saturated heterocycles. The van der Waals surface area contributed by atoms with Crippen molar-refractivity contribution in [2.24, 2.45) is 0 Å². The lowest BCUT2D eigenvalue weighted by Crippen LogP contribution is -2.02. The topological polar surface area (TPSA) is 26.3 Å². The fourth-order valence-electron chi connectivity index (χ4n) is 1.71. The first-order valence-corrected chi connectivity index (χ1v) is 7.03. The summed E-state index contributed by atoms with van der Waals surface area (Å²) in [6, 6.07) is 0. The molecule has 0 aliphatic heterocycles. The van der Waals surface area contributed by atoms with Crippen molar-refractivity contribution in [2.45, 2.75) is 25.9 Å². The summed E-state index contributed by atoms with van der Waals surface area (Å²) >= 11 is 0. The van der Waals surface area contributed by atoms with Gasteiger partial charge in [-0.3, -0.25) is 4.79 Å². The third-order valence-electron chi connectivity index (χ3n) is 2.78. The molecule has 0 spiro atoms. The van der Waals surface area contributed by atoms with Crippen molar-refractivity contribution in [3.63, 3.8) is 0 Å². The first-order valence-electron chi connectivity index (χ1n) is 7.03. The van der Waals surface area contributed by atoms with Crippen LogP contribution in [-0.4, -0.2) is 19.1 Å². The molecule has 118 valence electrons. The Morgan fingerprint density at radius 3 is 2.91 bits per heavy atom. The molecule has 22 heavy (non-hydrogen) atoms. The van der Waals surface area contributed by atoms with Gasteiger partial charge in [0, 0.05) is 5.57 Å². The number of ether oxygens (including phenoxy) is 1. The molecule has 1 aliphatic carbocycles. The van der Waals surface area contributed by atoms with Crippen LogP contribution in [0.4, 0.5) is 8.78 Å². The Morgan fingerprint density at radius 1 is 1.45 bits per heavy atom. The van der Waals surface area contributed by atoms with E-state index in [-0.39, 0.29) is 17.9 Å². The predicted octanol–water partition coefficient (Wildman–Crippen LogP) is 4.69. The van der Waals surface area contributed by atoms with Crippen molar-refractivity contribution in [2.75, 3.05) is 6.61 Å². The van der Waals surface area contributed by atoms with Crippen LogP contribution in [0, 0.1) is 0 Å². The predicted molar refractivity (Wildman–Crippen MR) is 84.6 cm³/mol. The zero-order valence-electron chi connectivity index (χ0n) is 12.6. The van der Waals surface area contributed by atoms with Crippen molar-refractivity contribution in [1.29, 1.82) is 0 Å². The number of carbonyl (C=O) groups is 1. The first-order chi connectivity index (χ1) is 10.5. The highest BCUT2D eigenvalue weighted by Gasteiger charge is 2.10. The van der Waals surface area contributed by atoms with Gasteiger partial charge in [-0.05, 0) is 37.5 Å². The molecule has 0 heterocycles. The van der Waals surface area contributed by atoms with Crippen molar-refractivity contribution in [3.05, 3.63) is 71.8 Å². The highest BCUT2D eigenvalue weighted by atomic mass is 19.1. The van der Waals surface area contributed by atoms with Crippen LogP contribution in [0.2, 0.25) is 0 Å². The van der Waals surface area contributed by atoms with E-state index >= 15 is 0 Å². The average molecular weight is 306 g/mol. The van der Waals surface area contributed by atoms with Crippen LogP contribution in [-0.2, 0) is 9.53 Å². The average Bonchev–Trinajstić information content (AvgIpc) is 2.44. The van der Waals surface area contributed by atoms with Crippen molar-refractivity contribution in [1.82, 2.24) is 0 Å². The molecular formula is C18H20F2O2. The van der Waals surface area contributed by atoms with E-state index in [4.69, 9.17) is 4.74 Å². The maximum absolute atomic E-state index is 14.0. The second-order valence-electron chi connectivity index (χ2n) is 4.85. The van der Waals surface area contributed by atoms with Crippen LogP contribution in [0.3, 0.4) is 0 Å². The van der Waals surface area contributed by atoms with E-state index in [2.05, 4.69) is 6.58 Å². The molecule has 0 bridgehead atoms. The van der Waals surface area contributed by atoms with Gasteiger partial charge in [-0.25, -0.2) is 8.78 Å². The fourth-order valence-corrected chi connectivity index (χ4v) is 1.71. The maximum Gasteiger partial charge on any atom is 0.165 e. The number of rotatable bonds is 7. The lowest BCUT2D eigenvalue weighted by atomic mass is 10.1. The maximum atomic E-state index is 14.0. The summed E-state index contributed by atoms with van der Waals surface area (Å²) in [6.07, 6.45) is 12.4. The van der Waals surface area contributed by atoms with E-state index in [0.717, 1.165) is 24.1 Å². The Hall–Kier alpha value is -2.23. The number of alkyl halides is 1. The summed E-state index contributed by atoms with van der Waals surface area (Å²) in [5.41, 5.74) is 0.890. The summed E-state index contributed by atoms with van der Waals surface area (Å²) in [5, 5.41) is 0. The van der Waals surface area contributed by atoms with Crippen LogP contribution in [0.25, 0.3) is 0 Å². The van der Waals surface area contributed by atoms with Gasteiger partial charge in [0.2, 0.25) is 0 Å². The Balaban J connectivity index is 2.82. The van der Waals surface area contributed by atoms with E-state index in [1.54, 1.807) is 0 Å². The molecule has 0 aromatic carbocycles. The minimum Gasteiger partial charge on any atom is -0.486 e. The van der Waals surface area contributed by atoms with Gasteiger partial charge in [0.25, 0.3) is 0 Å². The first kappa shape index (κ1) is 17.8. The minimum absolute atomic E-state index is 0.0467. The largest absolute Gasteiger partial charge is 0.486 e. The zero-order chi connectivity index (χ0) is 16.4. The number of allylic oxidation sites excluding steroid dienone is 9. The van der Waals surface area contributed by atoms with Crippen LogP contribution in [0.5, 0.6) is 0 Å². The van der Waals surface area contributed by atoms with Gasteiger partial charge < -0.3 is 4.74 Å². The smallest absolute Gasteiger partial charge is 0.165 e. The van der Waals surface area contributed by atoms with Gasteiger partial charge in [-0.15, -0.1) is 0 Å². The Kier molecular flexibility index (Phi) is 7.83. The summed E-state index contributed by atoms with van der Waals surface area (Å²) in [6.45, 7) is 4.77. The molecule has 0 saturated carbocycles. The van der Waals surface area contributed by atoms with Crippen molar-refractivity contribution < 1.29 is 18.3 Å². The summed E-state index contributed by atoms with van der Waals surface area (Å²) < 4.78 is 32.5. The summed E-state index contributed by atoms with van der Waals surface area (Å²) in [4.78, 5) is 10.5. The number of hydrogen-bond donors (Lipinski definition) is 0. The van der Waals surface area contributed by atoms with Gasteiger partial charge in [0.1, 0.15) is 19.1 Å². The van der Waals surface area contributed by atoms with Gasteiger partial charge in [-0.1, -0.05) is 37.0 Å². The number of halogens is 2. The molecule has 0 amide bonds. The lowest BCUT2D eigenvalue weighted by Gasteiger charge is -2.12. The number of carbonyl (C=O) groups excluding carboxylic acids is 1. The molecule has 1 atom stereocenters. The number of hydrogen-bond acceptors (Lipinski definition) is 2. The SMILES string of the molecule is C=C(C=O)/C=C(F)\C(=C/C(C)F)OC/C1=C/C=C\C/C=C\C1. The Bertz CT molecular complexity index is 549. The van der Waals surface area contributed by atoms with Crippen LogP contribution in [0.1, 0.15) is 19.8 Å². The monoisotopic (exact) mass is 306 g/mol. The molecule has 1 rings (SSSR count). The normalized spacial score (nSPS) is 22.6. The van der Waals surface area contributed by atoms with Gasteiger partial charge >= 0.3 is 0 Å². The molecule has 2 nitrogen and oxygen atoms in total. The lowest BCUT2D eigenvalue weighted by molar-refractivity contribution is -0.104. The molecule has 0 fully saturated rings. The summed E-state index contributed by atoms with van der Waals surface area (Å²) in [7, 11) is 0. The van der Waals surface area contributed by atoms with E-state index in [1.807, 2.05) is 30.4 Å². The number of aldehydes is 1. The fraction of sp³-hybridized carbons (Fsp3) is 0.278. The summed E-state index contributed by atoms with van der Waals surface area (Å²) in [5.74, 6) is -1.05. The van der Waals surface area contributed by atoms with E-state index in [0.29, 0.717) is 12.7 Å². The van der Waals surface area contributed by atoms with Crippen LogP contribution < -0.4 is 0 Å². The second kappa shape index (κ2) is 9.66. The molecule has 0 aromatic rings. The molecule has 1 unspecified atom stereocenters. The Morgan fingerprint density at radius 2 is 2.23 bits per heavy atom. The molecule has 4 heteroatoms. The van der Waals surface area contributed by atoms with E-state index < -0.39 is 12.0 Å². The Labute approximate surface area is 129 Å². The van der Waals surface area contributed by atoms with Crippen molar-refractivity contribution >= 4 is 6.29 Å². The molecule has 1 aliphatic rings. The zero-order valence-corrected chi connectivity index (χ0v) is 12.6. The molecule has 0 radical (unpaired) electrons. The molecule has 0 aromatic heterocycles. The van der Waals surface area contributed by atoms with Crippen LogP contribution in [0.15, 0.2) is 71.8 Å². The third-order valence-corrected chi connectivity index (χ3v) is 2.78. The van der Waals surface area contributed by atoms with Gasteiger partial charge in [-0.2, -0.15) is 0 Å². The third kappa shape index (κ3) is 6.97. The highest BCUT2D eigenvalue weighted by Crippen LogP contribution is 2.19. The molecular weight excluding hydrogens is 286 g/mol. The minimum atomic E-state index is -1.37. The van der Waals surface area contributed by atoms with E-state index in [9.17, 15) is 13.6 Å². The molecule has 0 N–H and O–H groups in total. The standard InChI is InChI=1S/C18H20F2O2/c1-14(12-21)10-17(20)18(11-15(2)19)22-13-16-8-6-4-3-5-7-9-16/h4-8,10-12,15H,1,3,9,13H2,2H3/b6-4-,7-5-,16-8+,17-10+,18-11+. The van der Waals surface area contributed by atoms with Crippen LogP contribution >= 0.6 is 0 Å². The van der Waals surface area contributed by atoms with Gasteiger partial charge in [0.15, 0.2) is 11.6 Å². The van der Waals surface area contributed by atoms with Gasteiger partial charge in [0.05, 0.1) is 0 Å². The second-order valence-corrected chi connectivity index (χ2v) is 4.85. The highest BCUT2D eigenvalue weighted by molar-refractivity contribution is 5.76. The van der Waals surface area contributed by atoms with Crippen molar-refractivity contribution in [3.8, 4) is 0 Å².